The van der Waals surface area contributed by atoms with Crippen LogP contribution in [0.2, 0.25) is 5.02 Å². The summed E-state index contributed by atoms with van der Waals surface area (Å²) >= 11 is 6.24. The van der Waals surface area contributed by atoms with E-state index < -0.39 is 0 Å². The Morgan fingerprint density at radius 2 is 1.81 bits per heavy atom. The number of halogens is 1. The van der Waals surface area contributed by atoms with Crippen molar-refractivity contribution in [3.8, 4) is 17.0 Å². The Hall–Kier alpha value is -2.26. The molecule has 0 bridgehead atoms. The van der Waals surface area contributed by atoms with Crippen molar-refractivity contribution in [2.45, 2.75) is 39.2 Å². The number of hydrogen-bond donors (Lipinski definition) is 0. The van der Waals surface area contributed by atoms with Crippen molar-refractivity contribution in [2.24, 2.45) is 7.05 Å². The Bertz CT molecular complexity index is 912. The Morgan fingerprint density at radius 3 is 2.42 bits per heavy atom. The highest BCUT2D eigenvalue weighted by Crippen LogP contribution is 2.37. The molecule has 0 aliphatic heterocycles. The Balaban J connectivity index is 2.15. The SMILES string of the molecule is CC(C)Oc1cc(-c2ccnn2C)cc(C(C)(C)c2cccc(Cl)c2)c1. The van der Waals surface area contributed by atoms with Crippen LogP contribution in [0.3, 0.4) is 0 Å². The fraction of sp³-hybridized carbons (Fsp3) is 0.318. The lowest BCUT2D eigenvalue weighted by Gasteiger charge is -2.28. The molecular weight excluding hydrogens is 344 g/mol. The van der Waals surface area contributed by atoms with Gasteiger partial charge in [-0.1, -0.05) is 37.6 Å². The maximum absolute atomic E-state index is 6.24. The molecule has 3 rings (SSSR count). The second-order valence-electron chi connectivity index (χ2n) is 7.39. The quantitative estimate of drug-likeness (QED) is 0.564. The first-order valence-corrected chi connectivity index (χ1v) is 9.22. The molecule has 3 nitrogen and oxygen atoms in total. The molecular formula is C22H25ClN2O. The lowest BCUT2D eigenvalue weighted by atomic mass is 9.77. The zero-order valence-corrected chi connectivity index (χ0v) is 16.7. The van der Waals surface area contributed by atoms with Crippen molar-refractivity contribution < 1.29 is 4.74 Å². The number of rotatable bonds is 5. The molecule has 0 spiro atoms. The Kier molecular flexibility index (Phi) is 5.10. The van der Waals surface area contributed by atoms with Gasteiger partial charge in [0.1, 0.15) is 5.75 Å². The van der Waals surface area contributed by atoms with Crippen LogP contribution >= 0.6 is 11.6 Å². The summed E-state index contributed by atoms with van der Waals surface area (Å²) in [6.45, 7) is 8.50. The normalized spacial score (nSPS) is 11.8. The van der Waals surface area contributed by atoms with E-state index in [1.807, 2.05) is 56.0 Å². The number of benzene rings is 2. The van der Waals surface area contributed by atoms with Crippen molar-refractivity contribution >= 4 is 11.6 Å². The molecule has 0 unspecified atom stereocenters. The number of nitrogens with zero attached hydrogens (tertiary/aromatic N) is 2. The largest absolute Gasteiger partial charge is 0.491 e. The third-order valence-corrected chi connectivity index (χ3v) is 4.90. The highest BCUT2D eigenvalue weighted by atomic mass is 35.5. The molecule has 136 valence electrons. The molecule has 0 amide bonds. The van der Waals surface area contributed by atoms with Crippen LogP contribution in [-0.2, 0) is 12.5 Å². The maximum atomic E-state index is 6.24. The summed E-state index contributed by atoms with van der Waals surface area (Å²) in [5, 5.41) is 5.05. The van der Waals surface area contributed by atoms with Crippen LogP contribution in [-0.4, -0.2) is 15.9 Å². The smallest absolute Gasteiger partial charge is 0.120 e. The molecule has 0 saturated heterocycles. The molecule has 26 heavy (non-hydrogen) atoms. The monoisotopic (exact) mass is 368 g/mol. The molecule has 4 heteroatoms. The lowest BCUT2D eigenvalue weighted by Crippen LogP contribution is -2.19. The van der Waals surface area contributed by atoms with E-state index >= 15 is 0 Å². The summed E-state index contributed by atoms with van der Waals surface area (Å²) in [6, 6.07) is 16.5. The van der Waals surface area contributed by atoms with Gasteiger partial charge in [-0.3, -0.25) is 4.68 Å². The Labute approximate surface area is 160 Å². The van der Waals surface area contributed by atoms with Crippen LogP contribution < -0.4 is 4.74 Å². The predicted molar refractivity (Wildman–Crippen MR) is 108 cm³/mol. The second-order valence-corrected chi connectivity index (χ2v) is 7.82. The summed E-state index contributed by atoms with van der Waals surface area (Å²) in [5.41, 5.74) is 4.28. The van der Waals surface area contributed by atoms with Gasteiger partial charge in [-0.15, -0.1) is 0 Å². The predicted octanol–water partition coefficient (Wildman–Crippen LogP) is 5.85. The summed E-state index contributed by atoms with van der Waals surface area (Å²) in [7, 11) is 1.95. The first-order chi connectivity index (χ1) is 12.3. The highest BCUT2D eigenvalue weighted by molar-refractivity contribution is 6.30. The van der Waals surface area contributed by atoms with E-state index in [9.17, 15) is 0 Å². The molecule has 0 atom stereocenters. The molecule has 2 aromatic carbocycles. The first-order valence-electron chi connectivity index (χ1n) is 8.84. The topological polar surface area (TPSA) is 27.1 Å². The van der Waals surface area contributed by atoms with E-state index in [0.717, 1.165) is 22.0 Å². The van der Waals surface area contributed by atoms with Gasteiger partial charge in [-0.25, -0.2) is 0 Å². The molecule has 0 N–H and O–H groups in total. The van der Waals surface area contributed by atoms with Crippen LogP contribution in [0.25, 0.3) is 11.3 Å². The Morgan fingerprint density at radius 1 is 1.04 bits per heavy atom. The zero-order chi connectivity index (χ0) is 18.9. The standard InChI is InChI=1S/C22H25ClN2O/c1-15(2)26-20-12-16(21-9-10-24-25(21)5)11-18(14-20)22(3,4)17-7-6-8-19(23)13-17/h6-15H,1-5H3. The van der Waals surface area contributed by atoms with Crippen LogP contribution in [0.4, 0.5) is 0 Å². The van der Waals surface area contributed by atoms with Gasteiger partial charge in [0.05, 0.1) is 11.8 Å². The number of hydrogen-bond acceptors (Lipinski definition) is 2. The molecule has 0 radical (unpaired) electrons. The molecule has 0 aliphatic carbocycles. The van der Waals surface area contributed by atoms with Crippen molar-refractivity contribution in [1.29, 1.82) is 0 Å². The third kappa shape index (κ3) is 3.78. The van der Waals surface area contributed by atoms with Crippen molar-refractivity contribution in [3.63, 3.8) is 0 Å². The van der Waals surface area contributed by atoms with E-state index in [0.29, 0.717) is 0 Å². The van der Waals surface area contributed by atoms with Crippen LogP contribution in [0.15, 0.2) is 54.7 Å². The lowest BCUT2D eigenvalue weighted by molar-refractivity contribution is 0.242. The molecule has 0 fully saturated rings. The van der Waals surface area contributed by atoms with E-state index in [4.69, 9.17) is 16.3 Å². The maximum Gasteiger partial charge on any atom is 0.120 e. The fourth-order valence-electron chi connectivity index (χ4n) is 3.15. The highest BCUT2D eigenvalue weighted by Gasteiger charge is 2.25. The van der Waals surface area contributed by atoms with Crippen LogP contribution in [0, 0.1) is 0 Å². The molecule has 3 aromatic rings. The molecule has 1 aromatic heterocycles. The number of aryl methyl sites for hydroxylation is 1. The zero-order valence-electron chi connectivity index (χ0n) is 16.0. The van der Waals surface area contributed by atoms with Crippen LogP contribution in [0.5, 0.6) is 5.75 Å². The van der Waals surface area contributed by atoms with Crippen molar-refractivity contribution in [2.75, 3.05) is 0 Å². The van der Waals surface area contributed by atoms with E-state index in [1.165, 1.54) is 11.1 Å². The summed E-state index contributed by atoms with van der Waals surface area (Å²) in [6.07, 6.45) is 1.92. The van der Waals surface area contributed by atoms with E-state index in [1.54, 1.807) is 0 Å². The summed E-state index contributed by atoms with van der Waals surface area (Å²) in [5.74, 6) is 0.865. The van der Waals surface area contributed by atoms with E-state index in [2.05, 4.69) is 43.2 Å². The number of aromatic nitrogens is 2. The van der Waals surface area contributed by atoms with E-state index in [-0.39, 0.29) is 11.5 Å². The van der Waals surface area contributed by atoms with Gasteiger partial charge >= 0.3 is 0 Å². The summed E-state index contributed by atoms with van der Waals surface area (Å²) < 4.78 is 7.91. The first kappa shape index (κ1) is 18.5. The molecule has 1 heterocycles. The molecule has 0 aliphatic rings. The van der Waals surface area contributed by atoms with Crippen molar-refractivity contribution in [3.05, 3.63) is 70.9 Å². The minimum absolute atomic E-state index is 0.110. The number of ether oxygens (including phenoxy) is 1. The van der Waals surface area contributed by atoms with Crippen molar-refractivity contribution in [1.82, 2.24) is 9.78 Å². The summed E-state index contributed by atoms with van der Waals surface area (Å²) in [4.78, 5) is 0. The average molecular weight is 369 g/mol. The van der Waals surface area contributed by atoms with Gasteiger partial charge in [-0.05, 0) is 61.4 Å². The molecule has 0 saturated carbocycles. The third-order valence-electron chi connectivity index (χ3n) is 4.66. The minimum Gasteiger partial charge on any atom is -0.491 e. The second kappa shape index (κ2) is 7.16. The average Bonchev–Trinajstić information content (AvgIpc) is 3.00. The van der Waals surface area contributed by atoms with Gasteiger partial charge in [0.25, 0.3) is 0 Å². The fourth-order valence-corrected chi connectivity index (χ4v) is 3.34. The van der Waals surface area contributed by atoms with Crippen LogP contribution in [0.1, 0.15) is 38.8 Å². The minimum atomic E-state index is -0.214. The van der Waals surface area contributed by atoms with Gasteiger partial charge < -0.3 is 4.74 Å². The van der Waals surface area contributed by atoms with Gasteiger partial charge in [-0.2, -0.15) is 5.10 Å². The van der Waals surface area contributed by atoms with Gasteiger partial charge in [0.15, 0.2) is 0 Å². The van der Waals surface area contributed by atoms with Gasteiger partial charge in [0, 0.05) is 29.2 Å². The van der Waals surface area contributed by atoms with Gasteiger partial charge in [0.2, 0.25) is 0 Å².